The van der Waals surface area contributed by atoms with Gasteiger partial charge in [-0.2, -0.15) is 0 Å². The molecule has 0 aromatic rings. The second-order valence-electron chi connectivity index (χ2n) is 10.8. The van der Waals surface area contributed by atoms with Crippen LogP contribution in [0.3, 0.4) is 0 Å². The molecule has 0 aliphatic heterocycles. The van der Waals surface area contributed by atoms with E-state index in [1.165, 1.54) is 12.8 Å². The van der Waals surface area contributed by atoms with Crippen LogP contribution in [0.2, 0.25) is 0 Å². The summed E-state index contributed by atoms with van der Waals surface area (Å²) < 4.78 is 33.7. The highest BCUT2D eigenvalue weighted by atomic mass is 31.2. The molecule has 1 unspecified atom stereocenters. The Kier molecular flexibility index (Phi) is 21.8. The molecule has 0 heterocycles. The van der Waals surface area contributed by atoms with Gasteiger partial charge in [-0.1, -0.05) is 70.4 Å². The van der Waals surface area contributed by atoms with Gasteiger partial charge in [0.1, 0.15) is 19.8 Å². The molecule has 10 heteroatoms. The number of likely N-dealkylation sites (N-methyl/N-ethyl adjacent to an activating group) is 1. The summed E-state index contributed by atoms with van der Waals surface area (Å²) in [6, 6.07) is 0. The summed E-state index contributed by atoms with van der Waals surface area (Å²) >= 11 is 0. The highest BCUT2D eigenvalue weighted by molar-refractivity contribution is 7.47. The van der Waals surface area contributed by atoms with Crippen LogP contribution in [0.5, 0.6) is 0 Å². The lowest BCUT2D eigenvalue weighted by molar-refractivity contribution is -0.870. The maximum absolute atomic E-state index is 12.4. The van der Waals surface area contributed by atoms with Gasteiger partial charge in [0.2, 0.25) is 0 Å². The smallest absolute Gasteiger partial charge is 0.462 e. The summed E-state index contributed by atoms with van der Waals surface area (Å²) in [5, 5.41) is 0. The van der Waals surface area contributed by atoms with Crippen LogP contribution in [0.1, 0.15) is 104 Å². The largest absolute Gasteiger partial charge is 0.472 e. The molecule has 1 N–H and O–H groups in total. The van der Waals surface area contributed by atoms with Crippen LogP contribution in [0, 0.1) is 0 Å². The van der Waals surface area contributed by atoms with E-state index in [4.69, 9.17) is 18.5 Å². The third kappa shape index (κ3) is 25.1. The van der Waals surface area contributed by atoms with Crippen LogP contribution in [-0.2, 0) is 32.7 Å². The van der Waals surface area contributed by atoms with E-state index in [0.717, 1.165) is 57.8 Å². The average molecular weight is 565 g/mol. The zero-order chi connectivity index (χ0) is 28.7. The number of carbonyl (C=O) groups excluding carboxylic acids is 2. The Morgan fingerprint density at radius 2 is 1.42 bits per heavy atom. The van der Waals surface area contributed by atoms with Crippen molar-refractivity contribution in [3.63, 3.8) is 0 Å². The number of hydrogen-bond acceptors (Lipinski definition) is 7. The first-order chi connectivity index (χ1) is 18.0. The molecule has 2 atom stereocenters. The molecule has 0 aliphatic rings. The molecule has 0 saturated heterocycles. The van der Waals surface area contributed by atoms with Crippen molar-refractivity contribution in [3.8, 4) is 0 Å². The predicted molar refractivity (Wildman–Crippen MR) is 151 cm³/mol. The van der Waals surface area contributed by atoms with Gasteiger partial charge >= 0.3 is 19.8 Å². The van der Waals surface area contributed by atoms with Crippen molar-refractivity contribution in [2.45, 2.75) is 110 Å². The molecule has 0 saturated carbocycles. The number of phosphoric ester groups is 1. The quantitative estimate of drug-likeness (QED) is 0.0450. The van der Waals surface area contributed by atoms with Crippen molar-refractivity contribution < 1.29 is 42.1 Å². The molecule has 38 heavy (non-hydrogen) atoms. The number of allylic oxidation sites excluding steroid dienone is 2. The predicted octanol–water partition coefficient (Wildman–Crippen LogP) is 6.34. The van der Waals surface area contributed by atoms with Crippen LogP contribution in [0.15, 0.2) is 12.2 Å². The molecular weight excluding hydrogens is 509 g/mol. The summed E-state index contributed by atoms with van der Waals surface area (Å²) in [4.78, 5) is 34.5. The third-order valence-corrected chi connectivity index (χ3v) is 6.87. The van der Waals surface area contributed by atoms with Gasteiger partial charge in [0.05, 0.1) is 27.7 Å². The van der Waals surface area contributed by atoms with Gasteiger partial charge < -0.3 is 18.9 Å². The van der Waals surface area contributed by atoms with E-state index in [2.05, 4.69) is 19.1 Å². The minimum atomic E-state index is -4.34. The van der Waals surface area contributed by atoms with Gasteiger partial charge in [-0.25, -0.2) is 4.57 Å². The lowest BCUT2D eigenvalue weighted by Gasteiger charge is -2.24. The minimum absolute atomic E-state index is 0.0315. The minimum Gasteiger partial charge on any atom is -0.462 e. The van der Waals surface area contributed by atoms with E-state index in [1.54, 1.807) is 0 Å². The Hall–Kier alpha value is -1.25. The van der Waals surface area contributed by atoms with Crippen molar-refractivity contribution in [1.29, 1.82) is 0 Å². The Morgan fingerprint density at radius 3 is 2.03 bits per heavy atom. The van der Waals surface area contributed by atoms with Gasteiger partial charge in [-0.3, -0.25) is 18.6 Å². The molecule has 0 aromatic carbocycles. The number of unbranched alkanes of at least 4 members (excludes halogenated alkanes) is 10. The standard InChI is InChI=1S/C28H54NO8P/c1-6-8-10-12-14-15-17-19-21-28(31)37-26(24-34-27(30)20-18-16-13-11-9-7-2)25-36-38(32,33)35-23-22-29(3,4)5/h6,8,26H,7,9-25H2,1-5H3/p+1/b8-6+/t26-/m1/s1. The number of ether oxygens (including phenoxy) is 2. The Balaban J connectivity index is 4.59. The molecule has 0 aliphatic carbocycles. The molecule has 9 nitrogen and oxygen atoms in total. The van der Waals surface area contributed by atoms with Crippen molar-refractivity contribution in [2.75, 3.05) is 47.5 Å². The fourth-order valence-corrected chi connectivity index (χ4v) is 4.28. The number of carbonyl (C=O) groups is 2. The Labute approximate surface area is 231 Å². The van der Waals surface area contributed by atoms with Crippen molar-refractivity contribution in [1.82, 2.24) is 0 Å². The Bertz CT molecular complexity index is 693. The van der Waals surface area contributed by atoms with E-state index in [1.807, 2.05) is 28.1 Å². The number of quaternary nitrogens is 1. The summed E-state index contributed by atoms with van der Waals surface area (Å²) in [5.74, 6) is -0.830. The topological polar surface area (TPSA) is 108 Å². The van der Waals surface area contributed by atoms with Crippen LogP contribution >= 0.6 is 7.82 Å². The normalized spacial score (nSPS) is 14.4. The SMILES string of the molecule is C/C=C/CCCCCCCC(=O)O[C@H](COC(=O)CCCCCCCC)COP(=O)(O)OCC[N+](C)(C)C. The van der Waals surface area contributed by atoms with E-state index in [9.17, 15) is 19.0 Å². The number of phosphoric acid groups is 1. The van der Waals surface area contributed by atoms with Gasteiger partial charge in [0.15, 0.2) is 6.10 Å². The molecule has 0 fully saturated rings. The van der Waals surface area contributed by atoms with E-state index in [-0.39, 0.29) is 32.0 Å². The molecular formula is C28H55NO8P+. The zero-order valence-corrected chi connectivity index (χ0v) is 25.6. The maximum Gasteiger partial charge on any atom is 0.472 e. The summed E-state index contributed by atoms with van der Waals surface area (Å²) in [7, 11) is 1.46. The average Bonchev–Trinajstić information content (AvgIpc) is 2.83. The zero-order valence-electron chi connectivity index (χ0n) is 24.7. The van der Waals surface area contributed by atoms with Crippen LogP contribution < -0.4 is 0 Å². The summed E-state index contributed by atoms with van der Waals surface area (Å²) in [5.41, 5.74) is 0. The van der Waals surface area contributed by atoms with Gasteiger partial charge in [0.25, 0.3) is 0 Å². The molecule has 224 valence electrons. The van der Waals surface area contributed by atoms with Crippen LogP contribution in [-0.4, -0.2) is 74.9 Å². The molecule has 0 radical (unpaired) electrons. The number of hydrogen-bond donors (Lipinski definition) is 1. The number of esters is 2. The van der Waals surface area contributed by atoms with Crippen molar-refractivity contribution in [2.24, 2.45) is 0 Å². The molecule has 0 spiro atoms. The highest BCUT2D eigenvalue weighted by Crippen LogP contribution is 2.43. The van der Waals surface area contributed by atoms with Crippen molar-refractivity contribution >= 4 is 19.8 Å². The monoisotopic (exact) mass is 564 g/mol. The second-order valence-corrected chi connectivity index (χ2v) is 12.3. The van der Waals surface area contributed by atoms with Crippen LogP contribution in [0.4, 0.5) is 0 Å². The molecule has 0 aromatic heterocycles. The molecule has 0 amide bonds. The maximum atomic E-state index is 12.4. The third-order valence-electron chi connectivity index (χ3n) is 5.89. The first-order valence-electron chi connectivity index (χ1n) is 14.4. The number of nitrogens with zero attached hydrogens (tertiary/aromatic N) is 1. The highest BCUT2D eigenvalue weighted by Gasteiger charge is 2.27. The molecule has 0 rings (SSSR count). The van der Waals surface area contributed by atoms with Gasteiger partial charge in [-0.15, -0.1) is 0 Å². The first-order valence-corrected chi connectivity index (χ1v) is 15.9. The fourth-order valence-electron chi connectivity index (χ4n) is 3.54. The fraction of sp³-hybridized carbons (Fsp3) is 0.857. The Morgan fingerprint density at radius 1 is 0.842 bits per heavy atom. The first kappa shape index (κ1) is 36.8. The van der Waals surface area contributed by atoms with E-state index < -0.39 is 26.5 Å². The second kappa shape index (κ2) is 22.6. The number of rotatable bonds is 25. The van der Waals surface area contributed by atoms with Crippen LogP contribution in [0.25, 0.3) is 0 Å². The summed E-state index contributed by atoms with van der Waals surface area (Å²) in [6.45, 7) is 4.08. The summed E-state index contributed by atoms with van der Waals surface area (Å²) in [6.07, 6.45) is 16.0. The van der Waals surface area contributed by atoms with Gasteiger partial charge in [-0.05, 0) is 32.6 Å². The van der Waals surface area contributed by atoms with E-state index >= 15 is 0 Å². The lowest BCUT2D eigenvalue weighted by atomic mass is 10.1. The molecule has 0 bridgehead atoms. The van der Waals surface area contributed by atoms with Gasteiger partial charge in [0, 0.05) is 12.8 Å². The van der Waals surface area contributed by atoms with E-state index in [0.29, 0.717) is 17.4 Å². The lowest BCUT2D eigenvalue weighted by Crippen LogP contribution is -2.37. The van der Waals surface area contributed by atoms with Crippen molar-refractivity contribution in [3.05, 3.63) is 12.2 Å².